The predicted octanol–water partition coefficient (Wildman–Crippen LogP) is 3.30. The number of para-hydroxylation sites is 1. The number of nitrogens with zero attached hydrogens (tertiary/aromatic N) is 1. The van der Waals surface area contributed by atoms with Crippen molar-refractivity contribution in [3.8, 4) is 0 Å². The van der Waals surface area contributed by atoms with Gasteiger partial charge in [0.25, 0.3) is 0 Å². The van der Waals surface area contributed by atoms with Gasteiger partial charge in [-0.15, -0.1) is 11.8 Å². The molecule has 1 aromatic carbocycles. The van der Waals surface area contributed by atoms with Crippen molar-refractivity contribution in [2.45, 2.75) is 69.4 Å². The molecule has 3 aliphatic rings. The maximum absolute atomic E-state index is 14.0. The molecule has 7 nitrogen and oxygen atoms in total. The van der Waals surface area contributed by atoms with Crippen LogP contribution in [0.15, 0.2) is 18.2 Å². The molecular formula is C26H36N2O5S. The Morgan fingerprint density at radius 2 is 1.94 bits per heavy atom. The number of rotatable bonds is 9. The number of anilines is 1. The summed E-state index contributed by atoms with van der Waals surface area (Å²) in [4.78, 5) is 42.5. The summed E-state index contributed by atoms with van der Waals surface area (Å²) in [6.07, 6.45) is 2.93. The summed E-state index contributed by atoms with van der Waals surface area (Å²) < 4.78 is 4.74. The van der Waals surface area contributed by atoms with Crippen LogP contribution in [0.25, 0.3) is 0 Å². The van der Waals surface area contributed by atoms with E-state index in [1.165, 1.54) is 0 Å². The number of carbonyl (C=O) groups is 3. The molecule has 1 aromatic rings. The van der Waals surface area contributed by atoms with Crippen molar-refractivity contribution >= 4 is 35.2 Å². The van der Waals surface area contributed by atoms with E-state index in [1.54, 1.807) is 23.6 Å². The first-order chi connectivity index (χ1) is 16.3. The minimum atomic E-state index is -0.650. The van der Waals surface area contributed by atoms with Crippen LogP contribution in [-0.4, -0.2) is 63.6 Å². The Bertz CT molecular complexity index is 948. The number of aliphatic hydroxyl groups is 1. The van der Waals surface area contributed by atoms with Crippen LogP contribution in [0.1, 0.15) is 50.7 Å². The van der Waals surface area contributed by atoms with E-state index >= 15 is 0 Å². The number of hydrogen-bond acceptors (Lipinski definition) is 6. The lowest BCUT2D eigenvalue weighted by Gasteiger charge is -2.38. The van der Waals surface area contributed by atoms with Crippen LogP contribution < -0.4 is 5.32 Å². The highest BCUT2D eigenvalue weighted by molar-refractivity contribution is 8.02. The Morgan fingerprint density at radius 3 is 2.59 bits per heavy atom. The summed E-state index contributed by atoms with van der Waals surface area (Å²) in [5.41, 5.74) is 2.73. The molecule has 3 saturated heterocycles. The second kappa shape index (κ2) is 9.90. The Morgan fingerprint density at radius 1 is 1.24 bits per heavy atom. The van der Waals surface area contributed by atoms with Gasteiger partial charge in [0, 0.05) is 24.1 Å². The molecule has 0 saturated carbocycles. The highest BCUT2D eigenvalue weighted by atomic mass is 32.2. The van der Waals surface area contributed by atoms with Crippen LogP contribution in [0.2, 0.25) is 0 Å². The van der Waals surface area contributed by atoms with Gasteiger partial charge in [0.15, 0.2) is 0 Å². The number of nitrogens with one attached hydrogen (secondary N) is 1. The van der Waals surface area contributed by atoms with Crippen LogP contribution in [0.5, 0.6) is 0 Å². The number of fused-ring (bicyclic) bond motifs is 1. The summed E-state index contributed by atoms with van der Waals surface area (Å²) in [5, 5.41) is 12.3. The molecule has 6 atom stereocenters. The first-order valence-corrected chi connectivity index (χ1v) is 13.3. The highest BCUT2D eigenvalue weighted by Crippen LogP contribution is 2.68. The molecule has 34 heavy (non-hydrogen) atoms. The van der Waals surface area contributed by atoms with E-state index in [9.17, 15) is 14.4 Å². The second-order valence-electron chi connectivity index (χ2n) is 9.88. The SMILES string of the molecule is CCOC(=O)[C@@H]1[C@H]2C(=O)N(CCCCCO)C(C(=O)Nc3c(C)cccc3C)C23S[C@@H]1CC3C. The molecule has 0 aromatic heterocycles. The van der Waals surface area contributed by atoms with Crippen LogP contribution in [0.3, 0.4) is 0 Å². The monoisotopic (exact) mass is 488 g/mol. The second-order valence-corrected chi connectivity index (χ2v) is 11.4. The quantitative estimate of drug-likeness (QED) is 0.409. The Hall–Kier alpha value is -2.06. The van der Waals surface area contributed by atoms with Crippen molar-refractivity contribution < 1.29 is 24.2 Å². The van der Waals surface area contributed by atoms with Gasteiger partial charge >= 0.3 is 5.97 Å². The maximum Gasteiger partial charge on any atom is 0.310 e. The molecular weight excluding hydrogens is 452 g/mol. The third-order valence-electron chi connectivity index (χ3n) is 7.84. The Labute approximate surface area is 206 Å². The zero-order valence-corrected chi connectivity index (χ0v) is 21.3. The zero-order valence-electron chi connectivity index (χ0n) is 20.5. The molecule has 4 rings (SSSR count). The lowest BCUT2D eigenvalue weighted by molar-refractivity contribution is -0.154. The fraction of sp³-hybridized carbons (Fsp3) is 0.654. The van der Waals surface area contributed by atoms with Gasteiger partial charge in [-0.3, -0.25) is 14.4 Å². The number of aliphatic hydroxyl groups excluding tert-OH is 1. The number of likely N-dealkylation sites (tertiary alicyclic amines) is 1. The third-order valence-corrected chi connectivity index (χ3v) is 9.92. The number of aryl methyl sites for hydroxylation is 2. The zero-order chi connectivity index (χ0) is 24.6. The first kappa shape index (κ1) is 25.0. The minimum absolute atomic E-state index is 0.00460. The molecule has 0 radical (unpaired) electrons. The normalized spacial score (nSPS) is 31.6. The molecule has 3 heterocycles. The van der Waals surface area contributed by atoms with Crippen LogP contribution in [-0.2, 0) is 19.1 Å². The number of ether oxygens (including phenoxy) is 1. The predicted molar refractivity (Wildman–Crippen MR) is 132 cm³/mol. The van der Waals surface area contributed by atoms with Gasteiger partial charge < -0.3 is 20.1 Å². The van der Waals surface area contributed by atoms with E-state index in [4.69, 9.17) is 9.84 Å². The van der Waals surface area contributed by atoms with Gasteiger partial charge in [-0.25, -0.2) is 0 Å². The van der Waals surface area contributed by atoms with Gasteiger partial charge in [0.1, 0.15) is 6.04 Å². The maximum atomic E-state index is 14.0. The molecule has 3 fully saturated rings. The van der Waals surface area contributed by atoms with Crippen molar-refractivity contribution in [3.63, 3.8) is 0 Å². The van der Waals surface area contributed by atoms with Gasteiger partial charge in [0.2, 0.25) is 11.8 Å². The molecule has 2 bridgehead atoms. The van der Waals surface area contributed by atoms with E-state index in [2.05, 4.69) is 12.2 Å². The van der Waals surface area contributed by atoms with Crippen molar-refractivity contribution in [1.29, 1.82) is 0 Å². The highest BCUT2D eigenvalue weighted by Gasteiger charge is 2.76. The number of unbranched alkanes of at least 4 members (excludes halogenated alkanes) is 2. The van der Waals surface area contributed by atoms with E-state index in [-0.39, 0.29) is 42.2 Å². The fourth-order valence-electron chi connectivity index (χ4n) is 6.34. The van der Waals surface area contributed by atoms with Crippen LogP contribution >= 0.6 is 11.8 Å². The lowest BCUT2D eigenvalue weighted by Crippen LogP contribution is -2.54. The standard InChI is InChI=1S/C26H36N2O5S/c1-5-33-25(32)19-18-14-17(4)26(34-18)20(19)24(31)28(12-7-6-8-13-29)22(26)23(30)27-21-15(2)10-9-11-16(21)3/h9-11,17-20,22,29H,5-8,12-14H2,1-4H3,(H,27,30)/t17?,18-,19+,20+,22?,26?/m1/s1. The molecule has 2 N–H and O–H groups in total. The molecule has 0 aliphatic carbocycles. The molecule has 186 valence electrons. The molecule has 8 heteroatoms. The van der Waals surface area contributed by atoms with Crippen LogP contribution in [0, 0.1) is 31.6 Å². The Balaban J connectivity index is 1.71. The first-order valence-electron chi connectivity index (χ1n) is 12.4. The average molecular weight is 489 g/mol. The lowest BCUT2D eigenvalue weighted by atomic mass is 9.66. The summed E-state index contributed by atoms with van der Waals surface area (Å²) in [6, 6.07) is 5.24. The Kier molecular flexibility index (Phi) is 7.29. The number of benzene rings is 1. The topological polar surface area (TPSA) is 95.9 Å². The van der Waals surface area contributed by atoms with Crippen LogP contribution in [0.4, 0.5) is 5.69 Å². The smallest absolute Gasteiger partial charge is 0.310 e. The number of amides is 2. The summed E-state index contributed by atoms with van der Waals surface area (Å²) in [6.45, 7) is 8.64. The molecule has 1 spiro atoms. The molecule has 2 amide bonds. The summed E-state index contributed by atoms with van der Waals surface area (Å²) in [7, 11) is 0. The number of hydrogen-bond donors (Lipinski definition) is 2. The molecule has 3 aliphatic heterocycles. The summed E-state index contributed by atoms with van der Waals surface area (Å²) in [5.74, 6) is -1.53. The van der Waals surface area contributed by atoms with E-state index in [0.717, 1.165) is 29.7 Å². The average Bonchev–Trinajstić information content (AvgIpc) is 3.38. The largest absolute Gasteiger partial charge is 0.466 e. The van der Waals surface area contributed by atoms with Crippen molar-refractivity contribution in [1.82, 2.24) is 4.90 Å². The van der Waals surface area contributed by atoms with Gasteiger partial charge in [0.05, 0.1) is 23.2 Å². The fourth-order valence-corrected chi connectivity index (χ4v) is 8.75. The van der Waals surface area contributed by atoms with Gasteiger partial charge in [-0.2, -0.15) is 0 Å². The van der Waals surface area contributed by atoms with Crippen molar-refractivity contribution in [3.05, 3.63) is 29.3 Å². The van der Waals surface area contributed by atoms with E-state index in [1.807, 2.05) is 32.0 Å². The van der Waals surface area contributed by atoms with Gasteiger partial charge in [-0.1, -0.05) is 25.1 Å². The summed E-state index contributed by atoms with van der Waals surface area (Å²) >= 11 is 1.66. The third kappa shape index (κ3) is 3.92. The number of esters is 1. The van der Waals surface area contributed by atoms with Gasteiger partial charge in [-0.05, 0) is 63.5 Å². The minimum Gasteiger partial charge on any atom is -0.466 e. The van der Waals surface area contributed by atoms with Crippen molar-refractivity contribution in [2.75, 3.05) is 25.1 Å². The van der Waals surface area contributed by atoms with Crippen molar-refractivity contribution in [2.24, 2.45) is 17.8 Å². The van der Waals surface area contributed by atoms with E-state index < -0.39 is 22.6 Å². The molecule has 3 unspecified atom stereocenters. The number of thioether (sulfide) groups is 1. The van der Waals surface area contributed by atoms with E-state index in [0.29, 0.717) is 19.4 Å². The number of carbonyl (C=O) groups excluding carboxylic acids is 3.